The lowest BCUT2D eigenvalue weighted by molar-refractivity contribution is 0.443. The number of nitrogens with one attached hydrogen (secondary N) is 1. The van der Waals surface area contributed by atoms with E-state index >= 15 is 0 Å². The summed E-state index contributed by atoms with van der Waals surface area (Å²) in [6, 6.07) is 6.75. The van der Waals surface area contributed by atoms with E-state index in [9.17, 15) is 8.42 Å². The molecule has 1 aromatic rings. The van der Waals surface area contributed by atoms with Crippen LogP contribution in [0.5, 0.6) is 0 Å². The molecule has 0 aromatic heterocycles. The molecule has 1 atom stereocenters. The lowest BCUT2D eigenvalue weighted by Gasteiger charge is -2.20. The summed E-state index contributed by atoms with van der Waals surface area (Å²) in [4.78, 5) is 0.265. The minimum Gasteiger partial charge on any atom is -0.387 e. The SMILES string of the molecule is Cc1cccc(S(=O)(=O)N(C)CC(C)C(=N)N)c1. The Bertz CT molecular complexity index is 540. The van der Waals surface area contributed by atoms with Crippen molar-refractivity contribution in [2.24, 2.45) is 11.7 Å². The van der Waals surface area contributed by atoms with Gasteiger partial charge in [-0.05, 0) is 24.6 Å². The van der Waals surface area contributed by atoms with Crippen molar-refractivity contribution in [3.05, 3.63) is 29.8 Å². The smallest absolute Gasteiger partial charge is 0.242 e. The molecule has 6 heteroatoms. The lowest BCUT2D eigenvalue weighted by Crippen LogP contribution is -2.35. The number of rotatable bonds is 5. The number of hydrogen-bond acceptors (Lipinski definition) is 3. The van der Waals surface area contributed by atoms with Crippen molar-refractivity contribution in [2.75, 3.05) is 13.6 Å². The predicted octanol–water partition coefficient (Wildman–Crippen LogP) is 1.19. The summed E-state index contributed by atoms with van der Waals surface area (Å²) in [5, 5.41) is 7.29. The zero-order chi connectivity index (χ0) is 13.9. The summed E-state index contributed by atoms with van der Waals surface area (Å²) in [5.41, 5.74) is 6.24. The molecule has 0 bridgehead atoms. The highest BCUT2D eigenvalue weighted by Gasteiger charge is 2.23. The van der Waals surface area contributed by atoms with E-state index in [0.717, 1.165) is 5.56 Å². The molecule has 1 aromatic carbocycles. The fraction of sp³-hybridized carbons (Fsp3) is 0.417. The Kier molecular flexibility index (Phi) is 4.48. The Balaban J connectivity index is 2.97. The number of amidine groups is 1. The van der Waals surface area contributed by atoms with Gasteiger partial charge in [0, 0.05) is 19.5 Å². The fourth-order valence-corrected chi connectivity index (χ4v) is 2.90. The van der Waals surface area contributed by atoms with Gasteiger partial charge in [0.05, 0.1) is 10.7 Å². The normalized spacial score (nSPS) is 13.6. The summed E-state index contributed by atoms with van der Waals surface area (Å²) in [7, 11) is -2.01. The van der Waals surface area contributed by atoms with Gasteiger partial charge < -0.3 is 5.73 Å². The van der Waals surface area contributed by atoms with E-state index in [1.54, 1.807) is 25.1 Å². The van der Waals surface area contributed by atoms with Crippen LogP contribution in [0, 0.1) is 18.3 Å². The summed E-state index contributed by atoms with van der Waals surface area (Å²) >= 11 is 0. The third-order valence-corrected chi connectivity index (χ3v) is 4.58. The van der Waals surface area contributed by atoms with Crippen molar-refractivity contribution >= 4 is 15.9 Å². The molecule has 0 saturated carbocycles. The van der Waals surface area contributed by atoms with E-state index in [1.165, 1.54) is 11.4 Å². The second kappa shape index (κ2) is 5.49. The van der Waals surface area contributed by atoms with Crippen LogP contribution in [-0.4, -0.2) is 32.2 Å². The van der Waals surface area contributed by atoms with E-state index < -0.39 is 10.0 Å². The molecule has 0 heterocycles. The van der Waals surface area contributed by atoms with Crippen LogP contribution in [0.15, 0.2) is 29.2 Å². The van der Waals surface area contributed by atoms with Crippen LogP contribution in [0.4, 0.5) is 0 Å². The molecule has 0 spiro atoms. The van der Waals surface area contributed by atoms with E-state index in [1.807, 2.05) is 13.0 Å². The Labute approximate surface area is 108 Å². The average molecular weight is 269 g/mol. The largest absolute Gasteiger partial charge is 0.387 e. The molecular formula is C12H19N3O2S. The summed E-state index contributed by atoms with van der Waals surface area (Å²) in [5.74, 6) is -0.309. The maximum atomic E-state index is 12.3. The first-order chi connectivity index (χ1) is 8.25. The summed E-state index contributed by atoms with van der Waals surface area (Å²) < 4.78 is 25.7. The van der Waals surface area contributed by atoms with Gasteiger partial charge in [0.2, 0.25) is 10.0 Å². The third kappa shape index (κ3) is 3.30. The molecule has 0 saturated heterocycles. The minimum absolute atomic E-state index is 0.0127. The molecule has 0 aliphatic heterocycles. The van der Waals surface area contributed by atoms with E-state index in [-0.39, 0.29) is 23.2 Å². The van der Waals surface area contributed by atoms with Crippen molar-refractivity contribution < 1.29 is 8.42 Å². The second-order valence-electron chi connectivity index (χ2n) is 4.46. The Morgan fingerprint density at radius 3 is 2.61 bits per heavy atom. The zero-order valence-corrected chi connectivity index (χ0v) is 11.7. The van der Waals surface area contributed by atoms with E-state index in [0.29, 0.717) is 0 Å². The summed E-state index contributed by atoms with van der Waals surface area (Å²) in [6.45, 7) is 3.77. The maximum absolute atomic E-state index is 12.3. The van der Waals surface area contributed by atoms with Crippen molar-refractivity contribution in [1.82, 2.24) is 4.31 Å². The van der Waals surface area contributed by atoms with Gasteiger partial charge in [-0.1, -0.05) is 19.1 Å². The number of nitrogens with zero attached hydrogens (tertiary/aromatic N) is 1. The van der Waals surface area contributed by atoms with Crippen molar-refractivity contribution in [1.29, 1.82) is 5.41 Å². The first kappa shape index (κ1) is 14.7. The van der Waals surface area contributed by atoms with Gasteiger partial charge in [0.25, 0.3) is 0 Å². The van der Waals surface area contributed by atoms with E-state index in [2.05, 4.69) is 0 Å². The number of aryl methyl sites for hydroxylation is 1. The predicted molar refractivity (Wildman–Crippen MR) is 72.1 cm³/mol. The highest BCUT2D eigenvalue weighted by atomic mass is 32.2. The molecule has 1 rings (SSSR count). The Hall–Kier alpha value is -1.40. The van der Waals surface area contributed by atoms with Crippen molar-refractivity contribution in [3.8, 4) is 0 Å². The van der Waals surface area contributed by atoms with Crippen LogP contribution >= 0.6 is 0 Å². The average Bonchev–Trinajstić information content (AvgIpc) is 2.28. The van der Waals surface area contributed by atoms with Crippen molar-refractivity contribution in [2.45, 2.75) is 18.7 Å². The molecule has 0 aliphatic carbocycles. The first-order valence-corrected chi connectivity index (χ1v) is 7.06. The van der Waals surface area contributed by atoms with Gasteiger partial charge in [-0.25, -0.2) is 12.7 Å². The fourth-order valence-electron chi connectivity index (χ4n) is 1.54. The minimum atomic E-state index is -3.51. The van der Waals surface area contributed by atoms with Crippen LogP contribution < -0.4 is 5.73 Å². The van der Waals surface area contributed by atoms with Crippen LogP contribution in [0.25, 0.3) is 0 Å². The maximum Gasteiger partial charge on any atom is 0.242 e. The number of nitrogens with two attached hydrogens (primary N) is 1. The lowest BCUT2D eigenvalue weighted by atomic mass is 10.2. The second-order valence-corrected chi connectivity index (χ2v) is 6.50. The molecule has 18 heavy (non-hydrogen) atoms. The molecular weight excluding hydrogens is 250 g/mol. The molecule has 0 aliphatic rings. The van der Waals surface area contributed by atoms with Crippen LogP contribution in [0.1, 0.15) is 12.5 Å². The van der Waals surface area contributed by atoms with Gasteiger partial charge in [0.1, 0.15) is 0 Å². The van der Waals surface area contributed by atoms with Gasteiger partial charge in [-0.15, -0.1) is 0 Å². The molecule has 1 unspecified atom stereocenters. The monoisotopic (exact) mass is 269 g/mol. The summed E-state index contributed by atoms with van der Waals surface area (Å²) in [6.07, 6.45) is 0. The molecule has 100 valence electrons. The number of benzene rings is 1. The molecule has 0 radical (unpaired) electrons. The highest BCUT2D eigenvalue weighted by Crippen LogP contribution is 2.16. The van der Waals surface area contributed by atoms with Gasteiger partial charge >= 0.3 is 0 Å². The quantitative estimate of drug-likeness (QED) is 0.621. The molecule has 0 amide bonds. The van der Waals surface area contributed by atoms with Crippen molar-refractivity contribution in [3.63, 3.8) is 0 Å². The van der Waals surface area contributed by atoms with E-state index in [4.69, 9.17) is 11.1 Å². The highest BCUT2D eigenvalue weighted by molar-refractivity contribution is 7.89. The van der Waals surface area contributed by atoms with Crippen LogP contribution in [-0.2, 0) is 10.0 Å². The van der Waals surface area contributed by atoms with Gasteiger partial charge in [0.15, 0.2) is 0 Å². The first-order valence-electron chi connectivity index (χ1n) is 5.62. The van der Waals surface area contributed by atoms with Gasteiger partial charge in [-0.3, -0.25) is 5.41 Å². The molecule has 5 nitrogen and oxygen atoms in total. The molecule has 3 N–H and O–H groups in total. The number of sulfonamides is 1. The van der Waals surface area contributed by atoms with Gasteiger partial charge in [-0.2, -0.15) is 0 Å². The standard InChI is InChI=1S/C12H19N3O2S/c1-9-5-4-6-11(7-9)18(16,17)15(3)8-10(2)12(13)14/h4-7,10H,8H2,1-3H3,(H3,13,14). The Morgan fingerprint density at radius 2 is 2.11 bits per heavy atom. The number of hydrogen-bond donors (Lipinski definition) is 2. The van der Waals surface area contributed by atoms with Crippen LogP contribution in [0.2, 0.25) is 0 Å². The van der Waals surface area contributed by atoms with Crippen LogP contribution in [0.3, 0.4) is 0 Å². The topological polar surface area (TPSA) is 87.2 Å². The third-order valence-electron chi connectivity index (χ3n) is 2.76. The zero-order valence-electron chi connectivity index (χ0n) is 10.8. The molecule has 0 fully saturated rings. The Morgan fingerprint density at radius 1 is 1.50 bits per heavy atom.